The number of imidazole rings is 1. The van der Waals surface area contributed by atoms with E-state index in [0.29, 0.717) is 0 Å². The Kier molecular flexibility index (Phi) is 3.29. The second kappa shape index (κ2) is 5.57. The standard InChI is InChI=1S/C16H13N5S/c1-2-5-12(6-3-1)9-18-15-20-21-11-14(19-16(21)22-15)13-7-4-8-17-10-13/h1-8,10-11H,9H2,(H,18,20). The van der Waals surface area contributed by atoms with Crippen LogP contribution in [0.25, 0.3) is 16.2 Å². The first-order chi connectivity index (χ1) is 10.9. The number of rotatable bonds is 4. The van der Waals surface area contributed by atoms with E-state index in [1.54, 1.807) is 28.2 Å². The van der Waals surface area contributed by atoms with Gasteiger partial charge in [-0.2, -0.15) is 0 Å². The van der Waals surface area contributed by atoms with Gasteiger partial charge < -0.3 is 5.32 Å². The van der Waals surface area contributed by atoms with Gasteiger partial charge in [-0.1, -0.05) is 41.7 Å². The van der Waals surface area contributed by atoms with Crippen molar-refractivity contribution in [2.75, 3.05) is 5.32 Å². The molecule has 4 rings (SSSR count). The molecule has 0 atom stereocenters. The van der Waals surface area contributed by atoms with Crippen LogP contribution in [0.15, 0.2) is 61.1 Å². The SMILES string of the molecule is c1ccc(CNc2nn3cc(-c4cccnc4)nc3s2)cc1. The summed E-state index contributed by atoms with van der Waals surface area (Å²) in [6.07, 6.45) is 5.49. The van der Waals surface area contributed by atoms with Crippen LogP contribution in [-0.2, 0) is 6.54 Å². The normalized spacial score (nSPS) is 10.9. The second-order valence-corrected chi connectivity index (χ2v) is 5.80. The molecule has 1 N–H and O–H groups in total. The molecule has 6 heteroatoms. The highest BCUT2D eigenvalue weighted by Crippen LogP contribution is 2.24. The van der Waals surface area contributed by atoms with Gasteiger partial charge in [0, 0.05) is 24.5 Å². The number of pyridine rings is 1. The summed E-state index contributed by atoms with van der Waals surface area (Å²) < 4.78 is 1.81. The van der Waals surface area contributed by atoms with E-state index >= 15 is 0 Å². The molecule has 0 amide bonds. The molecule has 0 aliphatic heterocycles. The zero-order valence-electron chi connectivity index (χ0n) is 11.7. The van der Waals surface area contributed by atoms with E-state index < -0.39 is 0 Å². The lowest BCUT2D eigenvalue weighted by molar-refractivity contribution is 0.962. The molecule has 1 aromatic carbocycles. The van der Waals surface area contributed by atoms with Gasteiger partial charge >= 0.3 is 0 Å². The van der Waals surface area contributed by atoms with Crippen molar-refractivity contribution in [2.45, 2.75) is 6.54 Å². The molecule has 5 nitrogen and oxygen atoms in total. The minimum atomic E-state index is 0.757. The van der Waals surface area contributed by atoms with Gasteiger partial charge in [0.1, 0.15) is 0 Å². The van der Waals surface area contributed by atoms with Gasteiger partial charge in [-0.25, -0.2) is 9.50 Å². The molecular weight excluding hydrogens is 294 g/mol. The highest BCUT2D eigenvalue weighted by atomic mass is 32.1. The Morgan fingerprint density at radius 2 is 2.00 bits per heavy atom. The lowest BCUT2D eigenvalue weighted by Gasteiger charge is -2.01. The third kappa shape index (κ3) is 2.56. The molecule has 0 bridgehead atoms. The molecule has 0 aliphatic carbocycles. The number of hydrogen-bond donors (Lipinski definition) is 1. The molecule has 0 aliphatic rings. The maximum atomic E-state index is 4.60. The topological polar surface area (TPSA) is 55.1 Å². The van der Waals surface area contributed by atoms with Crippen LogP contribution in [0.1, 0.15) is 5.56 Å². The van der Waals surface area contributed by atoms with Crippen LogP contribution in [-0.4, -0.2) is 19.6 Å². The van der Waals surface area contributed by atoms with Crippen LogP contribution in [0.3, 0.4) is 0 Å². The van der Waals surface area contributed by atoms with E-state index in [1.165, 1.54) is 5.56 Å². The summed E-state index contributed by atoms with van der Waals surface area (Å²) in [4.78, 5) is 9.58. The molecule has 4 aromatic rings. The summed E-state index contributed by atoms with van der Waals surface area (Å²) in [7, 11) is 0. The highest BCUT2D eigenvalue weighted by molar-refractivity contribution is 7.20. The van der Waals surface area contributed by atoms with Crippen LogP contribution < -0.4 is 5.32 Å². The third-order valence-electron chi connectivity index (χ3n) is 3.29. The first-order valence-corrected chi connectivity index (χ1v) is 7.74. The Morgan fingerprint density at radius 1 is 1.09 bits per heavy atom. The Balaban J connectivity index is 1.54. The summed E-state index contributed by atoms with van der Waals surface area (Å²) >= 11 is 1.54. The molecule has 0 saturated heterocycles. The Labute approximate surface area is 131 Å². The van der Waals surface area contributed by atoms with E-state index in [9.17, 15) is 0 Å². The lowest BCUT2D eigenvalue weighted by atomic mass is 10.2. The van der Waals surface area contributed by atoms with Gasteiger partial charge in [-0.15, -0.1) is 5.10 Å². The number of nitrogens with zero attached hydrogens (tertiary/aromatic N) is 4. The first-order valence-electron chi connectivity index (χ1n) is 6.93. The van der Waals surface area contributed by atoms with E-state index in [0.717, 1.165) is 27.9 Å². The number of aromatic nitrogens is 4. The summed E-state index contributed by atoms with van der Waals surface area (Å²) in [6.45, 7) is 0.757. The molecule has 108 valence electrons. The maximum Gasteiger partial charge on any atom is 0.214 e. The first kappa shape index (κ1) is 13.0. The predicted octanol–water partition coefficient (Wildman–Crippen LogP) is 3.46. The maximum absolute atomic E-state index is 4.60. The quantitative estimate of drug-likeness (QED) is 0.627. The Bertz CT molecular complexity index is 851. The van der Waals surface area contributed by atoms with Crippen LogP contribution in [0.4, 0.5) is 5.13 Å². The Hall–Kier alpha value is -2.73. The fourth-order valence-electron chi connectivity index (χ4n) is 2.20. The average molecular weight is 307 g/mol. The molecule has 3 heterocycles. The van der Waals surface area contributed by atoms with Crippen LogP contribution >= 0.6 is 11.3 Å². The predicted molar refractivity (Wildman–Crippen MR) is 87.9 cm³/mol. The van der Waals surface area contributed by atoms with Gasteiger partial charge in [0.15, 0.2) is 0 Å². The van der Waals surface area contributed by atoms with Gasteiger partial charge in [-0.05, 0) is 17.7 Å². The van der Waals surface area contributed by atoms with Gasteiger partial charge in [0.25, 0.3) is 0 Å². The largest absolute Gasteiger partial charge is 0.356 e. The molecule has 0 saturated carbocycles. The van der Waals surface area contributed by atoms with E-state index in [1.807, 2.05) is 36.5 Å². The van der Waals surface area contributed by atoms with Crippen LogP contribution in [0, 0.1) is 0 Å². The Morgan fingerprint density at radius 3 is 2.77 bits per heavy atom. The lowest BCUT2D eigenvalue weighted by Crippen LogP contribution is -1.99. The fraction of sp³-hybridized carbons (Fsp3) is 0.0625. The van der Waals surface area contributed by atoms with Gasteiger partial charge in [0.2, 0.25) is 10.1 Å². The number of nitrogens with one attached hydrogen (secondary N) is 1. The van der Waals surface area contributed by atoms with Crippen molar-refractivity contribution < 1.29 is 0 Å². The van der Waals surface area contributed by atoms with E-state index in [2.05, 4.69) is 32.5 Å². The summed E-state index contributed by atoms with van der Waals surface area (Å²) in [5.74, 6) is 0. The zero-order chi connectivity index (χ0) is 14.8. The number of anilines is 1. The molecule has 22 heavy (non-hydrogen) atoms. The molecule has 0 unspecified atom stereocenters. The van der Waals surface area contributed by atoms with E-state index in [4.69, 9.17) is 0 Å². The number of fused-ring (bicyclic) bond motifs is 1. The smallest absolute Gasteiger partial charge is 0.214 e. The monoisotopic (exact) mass is 307 g/mol. The summed E-state index contributed by atoms with van der Waals surface area (Å²) in [6, 6.07) is 14.2. The molecular formula is C16H13N5S. The molecule has 3 aromatic heterocycles. The summed E-state index contributed by atoms with van der Waals surface area (Å²) in [5, 5.41) is 8.71. The minimum Gasteiger partial charge on any atom is -0.356 e. The zero-order valence-corrected chi connectivity index (χ0v) is 12.5. The second-order valence-electron chi connectivity index (χ2n) is 4.84. The molecule has 0 radical (unpaired) electrons. The van der Waals surface area contributed by atoms with Gasteiger partial charge in [0.05, 0.1) is 11.9 Å². The minimum absolute atomic E-state index is 0.757. The molecule has 0 spiro atoms. The van der Waals surface area contributed by atoms with Crippen molar-refractivity contribution >= 4 is 21.4 Å². The fourth-order valence-corrected chi connectivity index (χ4v) is 2.98. The van der Waals surface area contributed by atoms with Crippen molar-refractivity contribution in [3.63, 3.8) is 0 Å². The van der Waals surface area contributed by atoms with Crippen molar-refractivity contribution in [1.29, 1.82) is 0 Å². The van der Waals surface area contributed by atoms with Gasteiger partial charge in [-0.3, -0.25) is 4.98 Å². The van der Waals surface area contributed by atoms with Crippen molar-refractivity contribution in [3.05, 3.63) is 66.6 Å². The van der Waals surface area contributed by atoms with Crippen LogP contribution in [0.5, 0.6) is 0 Å². The van der Waals surface area contributed by atoms with Crippen molar-refractivity contribution in [2.24, 2.45) is 0 Å². The number of benzene rings is 1. The number of hydrogen-bond acceptors (Lipinski definition) is 5. The van der Waals surface area contributed by atoms with Crippen molar-refractivity contribution in [1.82, 2.24) is 19.6 Å². The van der Waals surface area contributed by atoms with Crippen molar-refractivity contribution in [3.8, 4) is 11.3 Å². The van der Waals surface area contributed by atoms with E-state index in [-0.39, 0.29) is 0 Å². The third-order valence-corrected chi connectivity index (χ3v) is 4.17. The average Bonchev–Trinajstić information content (AvgIpc) is 3.13. The highest BCUT2D eigenvalue weighted by Gasteiger charge is 2.09. The van der Waals surface area contributed by atoms with Crippen LogP contribution in [0.2, 0.25) is 0 Å². The molecule has 0 fully saturated rings. The summed E-state index contributed by atoms with van der Waals surface area (Å²) in [5.41, 5.74) is 3.12.